The highest BCUT2D eigenvalue weighted by atomic mass is 32.2. The molecule has 2 unspecified atom stereocenters. The van der Waals surface area contributed by atoms with Gasteiger partial charge in [-0.3, -0.25) is 14.5 Å². The summed E-state index contributed by atoms with van der Waals surface area (Å²) in [5.41, 5.74) is 0. The van der Waals surface area contributed by atoms with Gasteiger partial charge in [0.05, 0.1) is 29.9 Å². The number of allylic oxidation sites excluding steroid dienone is 2. The fourth-order valence-corrected chi connectivity index (χ4v) is 5.37. The Morgan fingerprint density at radius 1 is 0.962 bits per heavy atom. The van der Waals surface area contributed by atoms with Gasteiger partial charge in [-0.05, 0) is 37.1 Å². The van der Waals surface area contributed by atoms with Crippen molar-refractivity contribution >= 4 is 21.8 Å². The van der Waals surface area contributed by atoms with Crippen molar-refractivity contribution in [1.29, 1.82) is 0 Å². The van der Waals surface area contributed by atoms with Crippen LogP contribution in [0.4, 0.5) is 0 Å². The number of benzene rings is 1. The zero-order valence-corrected chi connectivity index (χ0v) is 15.2. The van der Waals surface area contributed by atoms with E-state index < -0.39 is 10.0 Å². The van der Waals surface area contributed by atoms with E-state index in [-0.39, 0.29) is 47.7 Å². The summed E-state index contributed by atoms with van der Waals surface area (Å²) in [4.78, 5) is 26.6. The number of carbonyl (C=O) groups excluding carboxylic acids is 2. The molecule has 2 amide bonds. The third-order valence-electron chi connectivity index (χ3n) is 5.43. The average molecular weight is 376 g/mol. The highest BCUT2D eigenvalue weighted by molar-refractivity contribution is 7.89. The maximum absolute atomic E-state index is 12.7. The third-order valence-corrected chi connectivity index (χ3v) is 7.28. The van der Waals surface area contributed by atoms with Gasteiger partial charge in [-0.2, -0.15) is 4.31 Å². The molecule has 2 fully saturated rings. The molecule has 0 radical (unpaired) electrons. The van der Waals surface area contributed by atoms with Crippen molar-refractivity contribution < 1.29 is 22.7 Å². The molecular weight excluding hydrogens is 356 g/mol. The molecule has 7 nitrogen and oxygen atoms in total. The Balaban J connectivity index is 1.46. The lowest BCUT2D eigenvalue weighted by molar-refractivity contribution is -0.145. The number of ether oxygens (including phenoxy) is 1. The molecule has 1 aromatic rings. The molecule has 1 aromatic carbocycles. The minimum Gasteiger partial charge on any atom is -0.497 e. The summed E-state index contributed by atoms with van der Waals surface area (Å²) >= 11 is 0. The molecule has 26 heavy (non-hydrogen) atoms. The van der Waals surface area contributed by atoms with E-state index in [1.165, 1.54) is 28.4 Å². The second-order valence-electron chi connectivity index (χ2n) is 6.85. The summed E-state index contributed by atoms with van der Waals surface area (Å²) in [5.74, 6) is -0.291. The maximum Gasteiger partial charge on any atom is 0.243 e. The Morgan fingerprint density at radius 3 is 2.00 bits per heavy atom. The average Bonchev–Trinajstić information content (AvgIpc) is 2.86. The van der Waals surface area contributed by atoms with Crippen molar-refractivity contribution in [2.45, 2.75) is 23.8 Å². The maximum atomic E-state index is 12.7. The quantitative estimate of drug-likeness (QED) is 0.579. The first-order valence-electron chi connectivity index (χ1n) is 8.59. The number of hydrogen-bond acceptors (Lipinski definition) is 5. The van der Waals surface area contributed by atoms with Gasteiger partial charge in [0, 0.05) is 13.1 Å². The van der Waals surface area contributed by atoms with Crippen LogP contribution >= 0.6 is 0 Å². The van der Waals surface area contributed by atoms with Crippen molar-refractivity contribution in [2.24, 2.45) is 11.8 Å². The van der Waals surface area contributed by atoms with Gasteiger partial charge in [0.25, 0.3) is 0 Å². The van der Waals surface area contributed by atoms with Crippen LogP contribution in [0.25, 0.3) is 0 Å². The minimum atomic E-state index is -3.63. The van der Waals surface area contributed by atoms with Crippen LogP contribution in [-0.4, -0.2) is 55.7 Å². The molecule has 3 aliphatic rings. The fourth-order valence-electron chi connectivity index (χ4n) is 3.86. The van der Waals surface area contributed by atoms with Crippen LogP contribution in [0.2, 0.25) is 0 Å². The molecule has 138 valence electrons. The van der Waals surface area contributed by atoms with Gasteiger partial charge in [-0.1, -0.05) is 12.2 Å². The van der Waals surface area contributed by atoms with Gasteiger partial charge < -0.3 is 4.74 Å². The number of rotatable bonds is 4. The van der Waals surface area contributed by atoms with E-state index >= 15 is 0 Å². The number of nitrogens with zero attached hydrogens (tertiary/aromatic N) is 2. The summed E-state index contributed by atoms with van der Waals surface area (Å²) in [7, 11) is -2.12. The Labute approximate surface area is 152 Å². The number of likely N-dealkylation sites (tertiary alicyclic amines) is 1. The topological polar surface area (TPSA) is 84.0 Å². The molecule has 2 aliphatic heterocycles. The predicted octanol–water partition coefficient (Wildman–Crippen LogP) is 1.02. The van der Waals surface area contributed by atoms with E-state index in [0.717, 1.165) is 0 Å². The highest BCUT2D eigenvalue weighted by Gasteiger charge is 2.53. The van der Waals surface area contributed by atoms with Crippen LogP contribution in [0.3, 0.4) is 0 Å². The van der Waals surface area contributed by atoms with E-state index in [1.54, 1.807) is 12.1 Å². The lowest BCUT2D eigenvalue weighted by atomic mass is 9.85. The van der Waals surface area contributed by atoms with E-state index in [2.05, 4.69) is 0 Å². The first kappa shape index (κ1) is 17.2. The van der Waals surface area contributed by atoms with Crippen molar-refractivity contribution in [1.82, 2.24) is 9.21 Å². The number of carbonyl (C=O) groups is 2. The molecule has 0 saturated carbocycles. The third kappa shape index (κ3) is 2.55. The molecule has 4 rings (SSSR count). The van der Waals surface area contributed by atoms with E-state index in [9.17, 15) is 18.0 Å². The van der Waals surface area contributed by atoms with Gasteiger partial charge in [0.1, 0.15) is 5.75 Å². The summed E-state index contributed by atoms with van der Waals surface area (Å²) in [6.45, 7) is 0.303. The van der Waals surface area contributed by atoms with Crippen molar-refractivity contribution in [2.75, 3.05) is 20.2 Å². The SMILES string of the molecule is COc1ccc(S(=O)(=O)N2CC(N3C(=O)C4CC=CCC4C3=O)C2)cc1. The number of methoxy groups -OCH3 is 1. The summed E-state index contributed by atoms with van der Waals surface area (Å²) < 4.78 is 31.7. The molecule has 0 spiro atoms. The molecule has 0 N–H and O–H groups in total. The molecular formula is C18H20N2O5S. The lowest BCUT2D eigenvalue weighted by Crippen LogP contribution is -2.62. The number of fused-ring (bicyclic) bond motifs is 1. The molecule has 1 aliphatic carbocycles. The smallest absolute Gasteiger partial charge is 0.243 e. The van der Waals surface area contributed by atoms with Crippen molar-refractivity contribution in [3.05, 3.63) is 36.4 Å². The highest BCUT2D eigenvalue weighted by Crippen LogP contribution is 2.38. The summed E-state index contributed by atoms with van der Waals surface area (Å²) in [6.07, 6.45) is 5.06. The fraction of sp³-hybridized carbons (Fsp3) is 0.444. The molecule has 0 bridgehead atoms. The Morgan fingerprint density at radius 2 is 1.50 bits per heavy atom. The normalized spacial score (nSPS) is 26.7. The molecule has 8 heteroatoms. The second kappa shape index (κ2) is 6.21. The summed E-state index contributed by atoms with van der Waals surface area (Å²) in [6, 6.07) is 5.81. The van der Waals surface area contributed by atoms with Crippen LogP contribution in [0.5, 0.6) is 5.75 Å². The van der Waals surface area contributed by atoms with Crippen LogP contribution in [-0.2, 0) is 19.6 Å². The zero-order valence-electron chi connectivity index (χ0n) is 14.4. The minimum absolute atomic E-state index is 0.151. The van der Waals surface area contributed by atoms with Gasteiger partial charge in [-0.25, -0.2) is 8.42 Å². The van der Waals surface area contributed by atoms with Crippen LogP contribution in [0, 0.1) is 11.8 Å². The lowest BCUT2D eigenvalue weighted by Gasteiger charge is -2.42. The monoisotopic (exact) mass is 376 g/mol. The standard InChI is InChI=1S/C18H20N2O5S/c1-25-13-6-8-14(9-7-13)26(23,24)19-10-12(11-19)20-17(21)15-4-2-3-5-16(15)18(20)22/h2-3,6-9,12,15-16H,4-5,10-11H2,1H3. The molecule has 0 aromatic heterocycles. The number of imide groups is 1. The molecule has 2 saturated heterocycles. The van der Waals surface area contributed by atoms with Gasteiger partial charge >= 0.3 is 0 Å². The molecule has 2 heterocycles. The van der Waals surface area contributed by atoms with Gasteiger partial charge in [-0.15, -0.1) is 0 Å². The van der Waals surface area contributed by atoms with Crippen LogP contribution < -0.4 is 4.74 Å². The van der Waals surface area contributed by atoms with E-state index in [1.807, 2.05) is 12.2 Å². The first-order valence-corrected chi connectivity index (χ1v) is 10.0. The molecule has 2 atom stereocenters. The second-order valence-corrected chi connectivity index (χ2v) is 8.79. The summed E-state index contributed by atoms with van der Waals surface area (Å²) in [5, 5.41) is 0. The zero-order chi connectivity index (χ0) is 18.5. The van der Waals surface area contributed by atoms with Gasteiger partial charge in [0.2, 0.25) is 21.8 Å². The number of hydrogen-bond donors (Lipinski definition) is 0. The predicted molar refractivity (Wildman–Crippen MR) is 92.7 cm³/mol. The number of amides is 2. The van der Waals surface area contributed by atoms with Crippen molar-refractivity contribution in [3.63, 3.8) is 0 Å². The largest absolute Gasteiger partial charge is 0.497 e. The Hall–Kier alpha value is -2.19. The van der Waals surface area contributed by atoms with Crippen molar-refractivity contribution in [3.8, 4) is 5.75 Å². The number of sulfonamides is 1. The van der Waals surface area contributed by atoms with Crippen LogP contribution in [0.15, 0.2) is 41.3 Å². The van der Waals surface area contributed by atoms with E-state index in [0.29, 0.717) is 18.6 Å². The Kier molecular flexibility index (Phi) is 4.11. The Bertz CT molecular complexity index is 845. The van der Waals surface area contributed by atoms with E-state index in [4.69, 9.17) is 4.74 Å². The van der Waals surface area contributed by atoms with Gasteiger partial charge in [0.15, 0.2) is 0 Å². The van der Waals surface area contributed by atoms with Crippen LogP contribution in [0.1, 0.15) is 12.8 Å². The first-order chi connectivity index (χ1) is 12.4.